The van der Waals surface area contributed by atoms with Gasteiger partial charge >= 0.3 is 0 Å². The molecule has 0 radical (unpaired) electrons. The van der Waals surface area contributed by atoms with Crippen LogP contribution in [0.5, 0.6) is 0 Å². The lowest BCUT2D eigenvalue weighted by molar-refractivity contribution is 0.223. The first-order valence-corrected chi connectivity index (χ1v) is 8.44. The van der Waals surface area contributed by atoms with Crippen molar-refractivity contribution in [1.82, 2.24) is 0 Å². The minimum Gasteiger partial charge on any atom is -0.126 e. The Morgan fingerprint density at radius 3 is 2.25 bits per heavy atom. The number of hydrogen-bond acceptors (Lipinski definition) is 0. The van der Waals surface area contributed by atoms with Gasteiger partial charge in [-0.3, -0.25) is 0 Å². The summed E-state index contributed by atoms with van der Waals surface area (Å²) in [5.74, 6) is 1.73. The van der Waals surface area contributed by atoms with E-state index >= 15 is 0 Å². The second-order valence-corrected chi connectivity index (χ2v) is 8.71. The molecule has 0 spiro atoms. The fraction of sp³-hybridized carbons (Fsp3) is 1.00. The summed E-state index contributed by atoms with van der Waals surface area (Å²) in [4.78, 5) is 0. The molecule has 0 nitrogen and oxygen atoms in total. The van der Waals surface area contributed by atoms with Crippen molar-refractivity contribution in [3.8, 4) is 0 Å². The fourth-order valence-corrected chi connectivity index (χ4v) is 4.60. The van der Waals surface area contributed by atoms with Gasteiger partial charge in [-0.1, -0.05) is 45.3 Å². The lowest BCUT2D eigenvalue weighted by Gasteiger charge is -2.37. The molecule has 0 N–H and O–H groups in total. The van der Waals surface area contributed by atoms with Crippen molar-refractivity contribution in [2.24, 2.45) is 11.3 Å². The van der Waals surface area contributed by atoms with E-state index in [0.717, 1.165) is 11.8 Å². The monoisotopic (exact) mass is 204 g/mol. The number of rotatable bonds is 2. The summed E-state index contributed by atoms with van der Waals surface area (Å²) in [5.41, 5.74) is 0.385. The molecule has 0 amide bonds. The molecule has 0 aromatic carbocycles. The van der Waals surface area contributed by atoms with Gasteiger partial charge in [-0.15, -0.1) is 11.6 Å². The molecule has 72 valence electrons. The Kier molecular flexibility index (Phi) is 3.66. The summed E-state index contributed by atoms with van der Waals surface area (Å²) in [6.07, 6.45) is 2.90. The predicted octanol–water partition coefficient (Wildman–Crippen LogP) is 3.52. The molecule has 1 aliphatic heterocycles. The highest BCUT2D eigenvalue weighted by molar-refractivity contribution is 6.57. The van der Waals surface area contributed by atoms with Crippen LogP contribution in [0.2, 0.25) is 18.6 Å². The van der Waals surface area contributed by atoms with E-state index in [-0.39, 0.29) is 8.80 Å². The lowest BCUT2D eigenvalue weighted by Crippen LogP contribution is -2.31. The summed E-state index contributed by atoms with van der Waals surface area (Å²) in [6.45, 7) is 7.15. The van der Waals surface area contributed by atoms with Crippen LogP contribution in [0.3, 0.4) is 0 Å². The maximum absolute atomic E-state index is 5.97. The van der Waals surface area contributed by atoms with E-state index in [1.165, 1.54) is 12.8 Å². The highest BCUT2D eigenvalue weighted by Crippen LogP contribution is 2.39. The average molecular weight is 205 g/mol. The topological polar surface area (TPSA) is 0 Å². The van der Waals surface area contributed by atoms with E-state index in [1.54, 1.807) is 12.1 Å². The van der Waals surface area contributed by atoms with Crippen LogP contribution in [0.15, 0.2) is 0 Å². The van der Waals surface area contributed by atoms with Gasteiger partial charge in [0.05, 0.1) is 0 Å². The van der Waals surface area contributed by atoms with Crippen LogP contribution in [0, 0.1) is 11.3 Å². The van der Waals surface area contributed by atoms with Crippen LogP contribution in [0.1, 0.15) is 26.7 Å². The van der Waals surface area contributed by atoms with Gasteiger partial charge in [0.15, 0.2) is 0 Å². The van der Waals surface area contributed by atoms with E-state index in [4.69, 9.17) is 11.6 Å². The number of halogens is 1. The van der Waals surface area contributed by atoms with Crippen molar-refractivity contribution in [2.75, 3.05) is 5.88 Å². The van der Waals surface area contributed by atoms with Crippen molar-refractivity contribution >= 4 is 20.4 Å². The molecule has 0 aromatic heterocycles. The number of alkyl halides is 1. The first kappa shape index (κ1) is 10.6. The standard InChI is InChI=1S/C10H21ClSi/c1-10(2,8-11)9-4-6-12(3)7-5-9/h9,12H,4-8H2,1-3H3. The molecule has 1 fully saturated rings. The zero-order valence-corrected chi connectivity index (χ0v) is 10.5. The van der Waals surface area contributed by atoms with E-state index in [2.05, 4.69) is 20.4 Å². The third-order valence-electron chi connectivity index (χ3n) is 3.47. The van der Waals surface area contributed by atoms with Crippen LogP contribution in [-0.4, -0.2) is 14.7 Å². The SMILES string of the molecule is C[SiH]1CCC(C(C)(C)CCl)CC1. The van der Waals surface area contributed by atoms with Crippen LogP contribution in [0.25, 0.3) is 0 Å². The summed E-state index contributed by atoms with van der Waals surface area (Å²) in [7, 11) is -0.259. The molecule has 0 aliphatic carbocycles. The summed E-state index contributed by atoms with van der Waals surface area (Å²) in [5, 5.41) is 0. The molecular weight excluding hydrogens is 184 g/mol. The molecular formula is C10H21ClSi. The molecule has 0 saturated carbocycles. The molecule has 0 unspecified atom stereocenters. The van der Waals surface area contributed by atoms with Gasteiger partial charge in [0.25, 0.3) is 0 Å². The zero-order chi connectivity index (χ0) is 9.19. The van der Waals surface area contributed by atoms with E-state index in [1.807, 2.05) is 0 Å². The third kappa shape index (κ3) is 2.50. The van der Waals surface area contributed by atoms with Gasteiger partial charge < -0.3 is 0 Å². The van der Waals surface area contributed by atoms with Gasteiger partial charge in [-0.05, 0) is 11.3 Å². The average Bonchev–Trinajstić information content (AvgIpc) is 2.05. The summed E-state index contributed by atoms with van der Waals surface area (Å²) >= 11 is 5.97. The molecule has 0 bridgehead atoms. The lowest BCUT2D eigenvalue weighted by atomic mass is 9.77. The molecule has 1 aliphatic rings. The van der Waals surface area contributed by atoms with E-state index < -0.39 is 0 Å². The predicted molar refractivity (Wildman–Crippen MR) is 59.9 cm³/mol. The van der Waals surface area contributed by atoms with Gasteiger partial charge in [-0.25, -0.2) is 0 Å². The minimum absolute atomic E-state index is 0.259. The number of hydrogen-bond donors (Lipinski definition) is 0. The Labute approximate surface area is 83.3 Å². The van der Waals surface area contributed by atoms with Crippen molar-refractivity contribution in [3.63, 3.8) is 0 Å². The zero-order valence-electron chi connectivity index (χ0n) is 8.57. The Bertz CT molecular complexity index is 137. The van der Waals surface area contributed by atoms with Crippen LogP contribution >= 0.6 is 11.6 Å². The molecule has 1 heterocycles. The molecule has 1 rings (SSSR count). The first-order chi connectivity index (χ1) is 5.56. The minimum atomic E-state index is -0.259. The van der Waals surface area contributed by atoms with Crippen molar-refractivity contribution in [2.45, 2.75) is 45.3 Å². The normalized spacial score (nSPS) is 32.0. The molecule has 1 saturated heterocycles. The fourth-order valence-electron chi connectivity index (χ4n) is 2.15. The van der Waals surface area contributed by atoms with E-state index in [0.29, 0.717) is 5.41 Å². The largest absolute Gasteiger partial charge is 0.126 e. The Morgan fingerprint density at radius 1 is 1.33 bits per heavy atom. The van der Waals surface area contributed by atoms with Crippen molar-refractivity contribution in [1.29, 1.82) is 0 Å². The van der Waals surface area contributed by atoms with Crippen LogP contribution < -0.4 is 0 Å². The van der Waals surface area contributed by atoms with Gasteiger partial charge in [0.1, 0.15) is 0 Å². The molecule has 2 heteroatoms. The van der Waals surface area contributed by atoms with E-state index in [9.17, 15) is 0 Å². The second-order valence-electron chi connectivity index (χ2n) is 5.08. The van der Waals surface area contributed by atoms with Crippen molar-refractivity contribution in [3.05, 3.63) is 0 Å². The first-order valence-electron chi connectivity index (χ1n) is 5.12. The summed E-state index contributed by atoms with van der Waals surface area (Å²) in [6, 6.07) is 3.09. The Balaban J connectivity index is 2.44. The van der Waals surface area contributed by atoms with Crippen LogP contribution in [-0.2, 0) is 0 Å². The highest BCUT2D eigenvalue weighted by Gasteiger charge is 2.31. The molecule has 0 aromatic rings. The highest BCUT2D eigenvalue weighted by atomic mass is 35.5. The maximum Gasteiger partial charge on any atom is 0.0336 e. The smallest absolute Gasteiger partial charge is 0.0336 e. The Hall–Kier alpha value is 0.507. The molecule has 0 atom stereocenters. The summed E-state index contributed by atoms with van der Waals surface area (Å²) < 4.78 is 0. The van der Waals surface area contributed by atoms with Gasteiger partial charge in [0, 0.05) is 14.7 Å². The Morgan fingerprint density at radius 2 is 1.83 bits per heavy atom. The van der Waals surface area contributed by atoms with Gasteiger partial charge in [-0.2, -0.15) is 0 Å². The second kappa shape index (κ2) is 4.14. The quantitative estimate of drug-likeness (QED) is 0.477. The van der Waals surface area contributed by atoms with Gasteiger partial charge in [0.2, 0.25) is 0 Å². The molecule has 12 heavy (non-hydrogen) atoms. The van der Waals surface area contributed by atoms with Crippen molar-refractivity contribution < 1.29 is 0 Å². The third-order valence-corrected chi connectivity index (χ3v) is 6.79. The van der Waals surface area contributed by atoms with Crippen LogP contribution in [0.4, 0.5) is 0 Å². The maximum atomic E-state index is 5.97.